The average molecular weight is 512 g/mol. The Morgan fingerprint density at radius 1 is 1.03 bits per heavy atom. The van der Waals surface area contributed by atoms with Crippen molar-refractivity contribution < 1.29 is 14.3 Å². The maximum atomic E-state index is 13.6. The van der Waals surface area contributed by atoms with Crippen LogP contribution in [-0.2, 0) is 18.5 Å². The van der Waals surface area contributed by atoms with E-state index in [-0.39, 0.29) is 23.5 Å². The SMILES string of the molecule is Cc1cc(CNC(=O)c2nn(CC3(c4ccc(-c5ccccc5)cc4)CCCC3)cc(O)c2=O)ccc1F. The number of benzene rings is 3. The quantitative estimate of drug-likeness (QED) is 0.343. The van der Waals surface area contributed by atoms with Crippen molar-refractivity contribution in [1.29, 1.82) is 0 Å². The van der Waals surface area contributed by atoms with Crippen LogP contribution in [-0.4, -0.2) is 20.8 Å². The molecule has 0 bridgehead atoms. The summed E-state index contributed by atoms with van der Waals surface area (Å²) in [6.07, 6.45) is 5.32. The van der Waals surface area contributed by atoms with Crippen molar-refractivity contribution in [3.63, 3.8) is 0 Å². The first-order valence-electron chi connectivity index (χ1n) is 12.8. The summed E-state index contributed by atoms with van der Waals surface area (Å²) in [5.74, 6) is -1.53. The van der Waals surface area contributed by atoms with Gasteiger partial charge in [-0.2, -0.15) is 5.10 Å². The van der Waals surface area contributed by atoms with Crippen molar-refractivity contribution in [2.45, 2.75) is 51.1 Å². The monoisotopic (exact) mass is 511 g/mol. The fourth-order valence-corrected chi connectivity index (χ4v) is 5.38. The highest BCUT2D eigenvalue weighted by Crippen LogP contribution is 2.43. The highest BCUT2D eigenvalue weighted by molar-refractivity contribution is 5.92. The zero-order valence-corrected chi connectivity index (χ0v) is 21.3. The number of hydrogen-bond acceptors (Lipinski definition) is 4. The lowest BCUT2D eigenvalue weighted by molar-refractivity contribution is 0.0940. The molecule has 3 aromatic carbocycles. The van der Waals surface area contributed by atoms with Crippen molar-refractivity contribution in [3.8, 4) is 16.9 Å². The number of rotatable bonds is 7. The third-order valence-electron chi connectivity index (χ3n) is 7.47. The van der Waals surface area contributed by atoms with Crippen LogP contribution in [0.15, 0.2) is 83.8 Å². The smallest absolute Gasteiger partial charge is 0.276 e. The molecule has 1 fully saturated rings. The van der Waals surface area contributed by atoms with Gasteiger partial charge < -0.3 is 10.4 Å². The van der Waals surface area contributed by atoms with Gasteiger partial charge in [-0.1, -0.05) is 79.6 Å². The Morgan fingerprint density at radius 2 is 1.71 bits per heavy atom. The molecule has 2 N–H and O–H groups in total. The minimum Gasteiger partial charge on any atom is -0.503 e. The predicted octanol–water partition coefficient (Wildman–Crippen LogP) is 5.51. The molecular weight excluding hydrogens is 481 g/mol. The first-order valence-corrected chi connectivity index (χ1v) is 12.8. The molecule has 1 saturated carbocycles. The Bertz CT molecular complexity index is 1510. The summed E-state index contributed by atoms with van der Waals surface area (Å²) < 4.78 is 15.1. The highest BCUT2D eigenvalue weighted by Gasteiger charge is 2.36. The molecule has 1 aromatic heterocycles. The van der Waals surface area contributed by atoms with E-state index in [9.17, 15) is 19.1 Å². The summed E-state index contributed by atoms with van der Waals surface area (Å²) in [7, 11) is 0. The van der Waals surface area contributed by atoms with Gasteiger partial charge >= 0.3 is 0 Å². The number of aryl methyl sites for hydroxylation is 1. The van der Waals surface area contributed by atoms with E-state index in [0.29, 0.717) is 17.7 Å². The Labute approximate surface area is 220 Å². The van der Waals surface area contributed by atoms with Crippen molar-refractivity contribution in [2.24, 2.45) is 0 Å². The second-order valence-electron chi connectivity index (χ2n) is 10.1. The first-order chi connectivity index (χ1) is 18.3. The standard InChI is InChI=1S/C31H30FN3O3/c1-21-17-22(9-14-26(21)32)18-33-30(38)28-29(37)27(36)19-35(34-28)20-31(15-5-6-16-31)25-12-10-24(11-13-25)23-7-3-2-4-8-23/h2-4,7-14,17,19,36H,5-6,15-16,18,20H2,1H3,(H,33,38). The summed E-state index contributed by atoms with van der Waals surface area (Å²) >= 11 is 0. The van der Waals surface area contributed by atoms with Gasteiger partial charge in [0.15, 0.2) is 11.4 Å². The number of nitrogens with one attached hydrogen (secondary N) is 1. The second kappa shape index (κ2) is 10.6. The Hall–Kier alpha value is -4.26. The minimum atomic E-state index is -0.818. The number of aromatic hydroxyl groups is 1. The summed E-state index contributed by atoms with van der Waals surface area (Å²) in [5.41, 5.74) is 3.22. The molecule has 0 spiro atoms. The average Bonchev–Trinajstić information content (AvgIpc) is 3.41. The van der Waals surface area contributed by atoms with Gasteiger partial charge in [-0.3, -0.25) is 14.3 Å². The molecular formula is C31H30FN3O3. The molecule has 0 aliphatic heterocycles. The zero-order chi connectivity index (χ0) is 26.7. The van der Waals surface area contributed by atoms with E-state index in [1.54, 1.807) is 19.1 Å². The van der Waals surface area contributed by atoms with Crippen LogP contribution in [0.25, 0.3) is 11.1 Å². The van der Waals surface area contributed by atoms with Gasteiger partial charge in [0.05, 0.1) is 12.7 Å². The van der Waals surface area contributed by atoms with Gasteiger partial charge in [-0.25, -0.2) is 4.39 Å². The van der Waals surface area contributed by atoms with Gasteiger partial charge in [-0.15, -0.1) is 0 Å². The number of carbonyl (C=O) groups is 1. The van der Waals surface area contributed by atoms with Crippen LogP contribution in [0.1, 0.15) is 52.9 Å². The van der Waals surface area contributed by atoms with E-state index in [1.807, 2.05) is 18.2 Å². The molecule has 38 heavy (non-hydrogen) atoms. The van der Waals surface area contributed by atoms with E-state index in [4.69, 9.17) is 0 Å². The molecule has 7 heteroatoms. The van der Waals surface area contributed by atoms with Crippen molar-refractivity contribution in [3.05, 3.63) is 117 Å². The van der Waals surface area contributed by atoms with E-state index in [2.05, 4.69) is 46.8 Å². The van der Waals surface area contributed by atoms with E-state index >= 15 is 0 Å². The van der Waals surface area contributed by atoms with Crippen molar-refractivity contribution >= 4 is 5.91 Å². The highest BCUT2D eigenvalue weighted by atomic mass is 19.1. The van der Waals surface area contributed by atoms with Crippen LogP contribution in [0.4, 0.5) is 4.39 Å². The minimum absolute atomic E-state index is 0.106. The summed E-state index contributed by atoms with van der Waals surface area (Å²) in [4.78, 5) is 25.5. The van der Waals surface area contributed by atoms with Crippen LogP contribution in [0, 0.1) is 12.7 Å². The molecule has 0 radical (unpaired) electrons. The third kappa shape index (κ3) is 5.23. The van der Waals surface area contributed by atoms with E-state index < -0.39 is 17.1 Å². The first kappa shape index (κ1) is 25.4. The molecule has 0 unspecified atom stereocenters. The van der Waals surface area contributed by atoms with Gasteiger partial charge in [-0.05, 0) is 53.6 Å². The number of nitrogens with zero attached hydrogens (tertiary/aromatic N) is 2. The normalized spacial score (nSPS) is 14.4. The molecule has 4 aromatic rings. The number of aromatic nitrogens is 2. The van der Waals surface area contributed by atoms with Crippen LogP contribution in [0.2, 0.25) is 0 Å². The number of halogens is 1. The van der Waals surface area contributed by atoms with Gasteiger partial charge in [0.1, 0.15) is 5.82 Å². The molecule has 0 saturated heterocycles. The Morgan fingerprint density at radius 3 is 2.39 bits per heavy atom. The van der Waals surface area contributed by atoms with Gasteiger partial charge in [0, 0.05) is 12.0 Å². The van der Waals surface area contributed by atoms with Gasteiger partial charge in [0.2, 0.25) is 0 Å². The lowest BCUT2D eigenvalue weighted by Gasteiger charge is -2.30. The fourth-order valence-electron chi connectivity index (χ4n) is 5.38. The summed E-state index contributed by atoms with van der Waals surface area (Å²) in [6.45, 7) is 2.18. The van der Waals surface area contributed by atoms with Gasteiger partial charge in [0.25, 0.3) is 11.3 Å². The molecule has 1 aliphatic rings. The predicted molar refractivity (Wildman–Crippen MR) is 144 cm³/mol. The maximum Gasteiger partial charge on any atom is 0.276 e. The zero-order valence-electron chi connectivity index (χ0n) is 21.3. The molecule has 6 nitrogen and oxygen atoms in total. The van der Waals surface area contributed by atoms with E-state index in [1.165, 1.54) is 22.5 Å². The lowest BCUT2D eigenvalue weighted by atomic mass is 9.78. The lowest BCUT2D eigenvalue weighted by Crippen LogP contribution is -2.34. The van der Waals surface area contributed by atoms with Crippen molar-refractivity contribution in [1.82, 2.24) is 15.1 Å². The molecule has 1 aliphatic carbocycles. The number of amides is 1. The molecule has 194 valence electrons. The Balaban J connectivity index is 1.38. The third-order valence-corrected chi connectivity index (χ3v) is 7.47. The summed E-state index contributed by atoms with van der Waals surface area (Å²) in [5, 5.41) is 17.4. The largest absolute Gasteiger partial charge is 0.503 e. The Kier molecular flexibility index (Phi) is 7.09. The molecule has 1 heterocycles. The van der Waals surface area contributed by atoms with Crippen LogP contribution in [0.3, 0.4) is 0 Å². The van der Waals surface area contributed by atoms with Crippen LogP contribution in [0.5, 0.6) is 5.75 Å². The van der Waals surface area contributed by atoms with E-state index in [0.717, 1.165) is 36.8 Å². The summed E-state index contributed by atoms with van der Waals surface area (Å²) in [6, 6.07) is 23.3. The van der Waals surface area contributed by atoms with Crippen LogP contribution < -0.4 is 10.7 Å². The van der Waals surface area contributed by atoms with Crippen molar-refractivity contribution in [2.75, 3.05) is 0 Å². The maximum absolute atomic E-state index is 13.6. The number of carbonyl (C=O) groups excluding carboxylic acids is 1. The molecule has 1 amide bonds. The molecule has 5 rings (SSSR count). The second-order valence-corrected chi connectivity index (χ2v) is 10.1. The molecule has 0 atom stereocenters. The fraction of sp³-hybridized carbons (Fsp3) is 0.258. The van der Waals surface area contributed by atoms with Crippen LogP contribution >= 0.6 is 0 Å². The topological polar surface area (TPSA) is 84.2 Å². The number of hydrogen-bond donors (Lipinski definition) is 2.